The first kappa shape index (κ1) is 20.6. The Morgan fingerprint density at radius 3 is 2.48 bits per heavy atom. The SMILES string of the molecule is Cc1nc(Nc2ccc(NS(=O)(=O)c3cccc4cccnc34)cc2)cc(-n2ccnc2)n1. The number of imidazole rings is 1. The average molecular weight is 458 g/mol. The Bertz CT molecular complexity index is 1530. The zero-order chi connectivity index (χ0) is 22.8. The third-order valence-electron chi connectivity index (χ3n) is 4.89. The molecule has 0 fully saturated rings. The number of pyridine rings is 1. The molecule has 0 radical (unpaired) electrons. The molecule has 3 aromatic heterocycles. The maximum atomic E-state index is 13.0. The lowest BCUT2D eigenvalue weighted by atomic mass is 10.2. The van der Waals surface area contributed by atoms with Crippen LogP contribution in [0.25, 0.3) is 16.7 Å². The van der Waals surface area contributed by atoms with Gasteiger partial charge >= 0.3 is 0 Å². The van der Waals surface area contributed by atoms with E-state index in [2.05, 4.69) is 30.0 Å². The largest absolute Gasteiger partial charge is 0.340 e. The number of anilines is 3. The zero-order valence-corrected chi connectivity index (χ0v) is 18.4. The molecule has 0 aliphatic carbocycles. The molecule has 0 spiro atoms. The molecule has 2 aromatic carbocycles. The molecule has 10 heteroatoms. The average Bonchev–Trinajstić information content (AvgIpc) is 3.35. The molecule has 5 rings (SSSR count). The molecular weight excluding hydrogens is 438 g/mol. The summed E-state index contributed by atoms with van der Waals surface area (Å²) >= 11 is 0. The van der Waals surface area contributed by atoms with Crippen LogP contribution in [-0.4, -0.2) is 32.9 Å². The molecule has 0 bridgehead atoms. The number of para-hydroxylation sites is 1. The van der Waals surface area contributed by atoms with Crippen LogP contribution in [-0.2, 0) is 10.0 Å². The van der Waals surface area contributed by atoms with Crippen molar-refractivity contribution in [3.05, 3.63) is 91.4 Å². The fourth-order valence-electron chi connectivity index (χ4n) is 3.42. The second-order valence-corrected chi connectivity index (χ2v) is 8.92. The maximum Gasteiger partial charge on any atom is 0.264 e. The number of nitrogens with one attached hydrogen (secondary N) is 2. The van der Waals surface area contributed by atoms with Crippen molar-refractivity contribution in [3.8, 4) is 5.82 Å². The number of sulfonamides is 1. The fraction of sp³-hybridized carbons (Fsp3) is 0.0435. The Hall–Kier alpha value is -4.31. The third-order valence-corrected chi connectivity index (χ3v) is 6.30. The van der Waals surface area contributed by atoms with Gasteiger partial charge in [-0.15, -0.1) is 0 Å². The minimum absolute atomic E-state index is 0.131. The molecule has 164 valence electrons. The van der Waals surface area contributed by atoms with Crippen molar-refractivity contribution in [2.45, 2.75) is 11.8 Å². The summed E-state index contributed by atoms with van der Waals surface area (Å²) in [4.78, 5) is 17.2. The lowest BCUT2D eigenvalue weighted by molar-refractivity contribution is 0.602. The monoisotopic (exact) mass is 457 g/mol. The Balaban J connectivity index is 1.36. The number of rotatable bonds is 6. The Morgan fingerprint density at radius 1 is 0.909 bits per heavy atom. The summed E-state index contributed by atoms with van der Waals surface area (Å²) in [5, 5.41) is 3.98. The van der Waals surface area contributed by atoms with E-state index in [4.69, 9.17) is 0 Å². The summed E-state index contributed by atoms with van der Waals surface area (Å²) < 4.78 is 30.4. The van der Waals surface area contributed by atoms with Gasteiger partial charge in [0.25, 0.3) is 10.0 Å². The molecular formula is C23H19N7O2S. The van der Waals surface area contributed by atoms with E-state index >= 15 is 0 Å². The minimum Gasteiger partial charge on any atom is -0.340 e. The van der Waals surface area contributed by atoms with Gasteiger partial charge in [0.1, 0.15) is 28.7 Å². The lowest BCUT2D eigenvalue weighted by Gasteiger charge is -2.12. The van der Waals surface area contributed by atoms with Gasteiger partial charge in [0.2, 0.25) is 0 Å². The maximum absolute atomic E-state index is 13.0. The first-order valence-electron chi connectivity index (χ1n) is 10.1. The standard InChI is InChI=1S/C23H19N7O2S/c1-16-26-21(14-22(27-16)30-13-12-24-15-30)28-18-7-9-19(10-8-18)29-33(31,32)20-6-2-4-17-5-3-11-25-23(17)20/h2-15,29H,1H3,(H,26,27,28). The van der Waals surface area contributed by atoms with E-state index < -0.39 is 10.0 Å². The molecule has 0 atom stereocenters. The highest BCUT2D eigenvalue weighted by Crippen LogP contribution is 2.25. The van der Waals surface area contributed by atoms with E-state index in [1.54, 1.807) is 78.0 Å². The molecule has 0 amide bonds. The molecule has 9 nitrogen and oxygen atoms in total. The molecule has 33 heavy (non-hydrogen) atoms. The second-order valence-electron chi connectivity index (χ2n) is 7.27. The van der Waals surface area contributed by atoms with E-state index in [1.807, 2.05) is 19.1 Å². The number of aromatic nitrogens is 5. The van der Waals surface area contributed by atoms with E-state index in [-0.39, 0.29) is 4.90 Å². The highest BCUT2D eigenvalue weighted by Gasteiger charge is 2.18. The van der Waals surface area contributed by atoms with Gasteiger partial charge in [0.05, 0.1) is 5.52 Å². The van der Waals surface area contributed by atoms with Gasteiger partial charge in [-0.25, -0.2) is 23.4 Å². The van der Waals surface area contributed by atoms with Crippen LogP contribution < -0.4 is 10.0 Å². The van der Waals surface area contributed by atoms with E-state index in [1.165, 1.54) is 0 Å². The van der Waals surface area contributed by atoms with Crippen molar-refractivity contribution in [3.63, 3.8) is 0 Å². The topological polar surface area (TPSA) is 115 Å². The van der Waals surface area contributed by atoms with Gasteiger partial charge in [0.15, 0.2) is 0 Å². The van der Waals surface area contributed by atoms with E-state index in [0.717, 1.165) is 11.1 Å². The number of aryl methyl sites for hydroxylation is 1. The predicted octanol–water partition coefficient (Wildman–Crippen LogP) is 4.06. The summed E-state index contributed by atoms with van der Waals surface area (Å²) in [5.74, 6) is 1.91. The normalized spacial score (nSPS) is 11.4. The first-order valence-corrected chi connectivity index (χ1v) is 11.5. The fourth-order valence-corrected chi connectivity index (χ4v) is 4.65. The quantitative estimate of drug-likeness (QED) is 0.395. The van der Waals surface area contributed by atoms with Crippen LogP contribution in [0.1, 0.15) is 5.82 Å². The van der Waals surface area contributed by atoms with Crippen molar-refractivity contribution in [1.82, 2.24) is 24.5 Å². The number of fused-ring (bicyclic) bond motifs is 1. The van der Waals surface area contributed by atoms with E-state index in [0.29, 0.717) is 28.7 Å². The molecule has 0 unspecified atom stereocenters. The number of hydrogen-bond acceptors (Lipinski definition) is 7. The number of nitrogens with zero attached hydrogens (tertiary/aromatic N) is 5. The van der Waals surface area contributed by atoms with Crippen molar-refractivity contribution in [1.29, 1.82) is 0 Å². The van der Waals surface area contributed by atoms with Crippen LogP contribution in [0.3, 0.4) is 0 Å². The third kappa shape index (κ3) is 4.37. The summed E-state index contributed by atoms with van der Waals surface area (Å²) in [6, 6.07) is 17.4. The minimum atomic E-state index is -3.81. The molecule has 5 aromatic rings. The van der Waals surface area contributed by atoms with E-state index in [9.17, 15) is 8.42 Å². The smallest absolute Gasteiger partial charge is 0.264 e. The second kappa shape index (κ2) is 8.32. The first-order chi connectivity index (χ1) is 16.0. The van der Waals surface area contributed by atoms with Crippen LogP contribution in [0.15, 0.2) is 90.5 Å². The molecule has 3 heterocycles. The van der Waals surface area contributed by atoms with Crippen LogP contribution in [0.4, 0.5) is 17.2 Å². The Kier molecular flexibility index (Phi) is 5.19. The summed E-state index contributed by atoms with van der Waals surface area (Å²) in [7, 11) is -3.81. The van der Waals surface area contributed by atoms with Crippen LogP contribution >= 0.6 is 0 Å². The number of benzene rings is 2. The van der Waals surface area contributed by atoms with Gasteiger partial charge in [-0.1, -0.05) is 18.2 Å². The van der Waals surface area contributed by atoms with Crippen molar-refractivity contribution in [2.24, 2.45) is 0 Å². The molecule has 0 aliphatic heterocycles. The molecule has 0 saturated heterocycles. The summed E-state index contributed by atoms with van der Waals surface area (Å²) in [6.45, 7) is 1.81. The van der Waals surface area contributed by atoms with Crippen LogP contribution in [0.2, 0.25) is 0 Å². The van der Waals surface area contributed by atoms with Gasteiger partial charge in [-0.2, -0.15) is 0 Å². The highest BCUT2D eigenvalue weighted by atomic mass is 32.2. The zero-order valence-electron chi connectivity index (χ0n) is 17.5. The number of hydrogen-bond donors (Lipinski definition) is 2. The van der Waals surface area contributed by atoms with Gasteiger partial charge in [0, 0.05) is 41.4 Å². The summed E-state index contributed by atoms with van der Waals surface area (Å²) in [5.41, 5.74) is 1.62. The lowest BCUT2D eigenvalue weighted by Crippen LogP contribution is -2.13. The van der Waals surface area contributed by atoms with Crippen LogP contribution in [0, 0.1) is 6.92 Å². The van der Waals surface area contributed by atoms with Gasteiger partial charge in [-0.3, -0.25) is 14.3 Å². The van der Waals surface area contributed by atoms with Crippen molar-refractivity contribution in [2.75, 3.05) is 10.0 Å². The Labute approximate surface area is 190 Å². The van der Waals surface area contributed by atoms with Crippen molar-refractivity contribution >= 4 is 38.1 Å². The van der Waals surface area contributed by atoms with Crippen LogP contribution in [0.5, 0.6) is 0 Å². The summed E-state index contributed by atoms with van der Waals surface area (Å²) in [6.07, 6.45) is 6.73. The van der Waals surface area contributed by atoms with Gasteiger partial charge in [-0.05, 0) is 43.3 Å². The van der Waals surface area contributed by atoms with Crippen molar-refractivity contribution < 1.29 is 8.42 Å². The Morgan fingerprint density at radius 2 is 1.70 bits per heavy atom. The molecule has 2 N–H and O–H groups in total. The van der Waals surface area contributed by atoms with Gasteiger partial charge < -0.3 is 5.32 Å². The molecule has 0 saturated carbocycles. The predicted molar refractivity (Wildman–Crippen MR) is 126 cm³/mol. The highest BCUT2D eigenvalue weighted by molar-refractivity contribution is 7.93. The molecule has 0 aliphatic rings.